The number of halogens is 2. The van der Waals surface area contributed by atoms with Gasteiger partial charge in [-0.2, -0.15) is 19.6 Å². The molecule has 1 fully saturated rings. The second kappa shape index (κ2) is 11.6. The number of hydrogen-bond donors (Lipinski definition) is 0. The van der Waals surface area contributed by atoms with E-state index >= 15 is 0 Å². The first kappa shape index (κ1) is 26.3. The lowest BCUT2D eigenvalue weighted by atomic mass is 10.1. The minimum atomic E-state index is -3.18. The highest BCUT2D eigenvalue weighted by molar-refractivity contribution is 6.03. The third kappa shape index (κ3) is 5.75. The van der Waals surface area contributed by atoms with Gasteiger partial charge in [0.2, 0.25) is 17.7 Å². The quantitative estimate of drug-likeness (QED) is 0.281. The third-order valence-electron chi connectivity index (χ3n) is 6.44. The van der Waals surface area contributed by atoms with Crippen molar-refractivity contribution in [3.63, 3.8) is 0 Å². The molecule has 0 saturated carbocycles. The van der Waals surface area contributed by atoms with Crippen molar-refractivity contribution in [2.75, 3.05) is 50.3 Å². The van der Waals surface area contributed by atoms with Crippen molar-refractivity contribution in [1.82, 2.24) is 19.6 Å². The molecular weight excluding hydrogens is 510 g/mol. The largest absolute Gasteiger partial charge is 0.497 e. The normalized spacial score (nSPS) is 13.6. The molecule has 1 aliphatic rings. The van der Waals surface area contributed by atoms with Gasteiger partial charge in [0.25, 0.3) is 0 Å². The fourth-order valence-corrected chi connectivity index (χ4v) is 4.35. The molecule has 0 radical (unpaired) electrons. The fraction of sp³-hybridized carbons (Fsp3) is 0.333. The van der Waals surface area contributed by atoms with Crippen LogP contribution in [0.1, 0.15) is 21.5 Å². The van der Waals surface area contributed by atoms with Crippen LogP contribution in [0.15, 0.2) is 54.7 Å². The smallest absolute Gasteiger partial charge is 0.300 e. The van der Waals surface area contributed by atoms with Gasteiger partial charge in [-0.25, -0.2) is 8.78 Å². The predicted molar refractivity (Wildman–Crippen MR) is 140 cm³/mol. The van der Waals surface area contributed by atoms with Gasteiger partial charge in [0.15, 0.2) is 5.65 Å². The van der Waals surface area contributed by atoms with Crippen molar-refractivity contribution in [2.24, 2.45) is 0 Å². The molecule has 1 saturated heterocycles. The van der Waals surface area contributed by atoms with E-state index in [1.807, 2.05) is 58.3 Å². The van der Waals surface area contributed by atoms with E-state index in [4.69, 9.17) is 19.2 Å². The molecule has 2 aromatic heterocycles. The summed E-state index contributed by atoms with van der Waals surface area (Å²) in [5.41, 5.74) is 1.69. The zero-order valence-electron chi connectivity index (χ0n) is 21.6. The van der Waals surface area contributed by atoms with Crippen molar-refractivity contribution >= 4 is 23.3 Å². The van der Waals surface area contributed by atoms with Crippen LogP contribution in [0.5, 0.6) is 11.5 Å². The van der Waals surface area contributed by atoms with Crippen LogP contribution in [0, 0.1) is 0 Å². The topological polar surface area (TPSA) is 94.3 Å². The Balaban J connectivity index is 1.63. The first-order valence-corrected chi connectivity index (χ1v) is 12.4. The van der Waals surface area contributed by atoms with E-state index in [0.717, 1.165) is 28.8 Å². The lowest BCUT2D eigenvalue weighted by molar-refractivity contribution is 0.0680. The minimum Gasteiger partial charge on any atom is -0.497 e. The molecule has 1 aliphatic heterocycles. The van der Waals surface area contributed by atoms with Gasteiger partial charge in [-0.1, -0.05) is 24.3 Å². The Morgan fingerprint density at radius 1 is 0.949 bits per heavy atom. The highest BCUT2D eigenvalue weighted by Gasteiger charge is 2.27. The van der Waals surface area contributed by atoms with Gasteiger partial charge in [0.1, 0.15) is 11.5 Å². The second-order valence-electron chi connectivity index (χ2n) is 8.93. The summed E-state index contributed by atoms with van der Waals surface area (Å²) in [7, 11) is 3.21. The summed E-state index contributed by atoms with van der Waals surface area (Å²) in [4.78, 5) is 25.6. The number of ether oxygens (including phenoxy) is 3. The summed E-state index contributed by atoms with van der Waals surface area (Å²) in [6.07, 6.45) is -2.05. The van der Waals surface area contributed by atoms with Crippen LogP contribution < -0.4 is 19.3 Å². The van der Waals surface area contributed by atoms with E-state index in [1.165, 1.54) is 4.52 Å². The van der Waals surface area contributed by atoms with Crippen molar-refractivity contribution in [1.29, 1.82) is 0 Å². The highest BCUT2D eigenvalue weighted by Crippen LogP contribution is 2.26. The molecular formula is C27H28F2N6O4. The number of Topliss-reactive ketones (excluding diaryl/α,β-unsaturated/α-hetero) is 1. The Bertz CT molecular complexity index is 1370. The number of morpholine rings is 1. The van der Waals surface area contributed by atoms with Gasteiger partial charge in [0.05, 0.1) is 39.2 Å². The minimum absolute atomic E-state index is 0.0289. The van der Waals surface area contributed by atoms with Crippen LogP contribution in [-0.2, 0) is 17.8 Å². The van der Waals surface area contributed by atoms with Crippen LogP contribution in [0.3, 0.4) is 0 Å². The van der Waals surface area contributed by atoms with Crippen molar-refractivity contribution < 1.29 is 27.8 Å². The average Bonchev–Trinajstić information content (AvgIpc) is 3.41. The summed E-state index contributed by atoms with van der Waals surface area (Å²) >= 11 is 0. The standard InChI is InChI=1S/C27H28F2N6O4/c1-37-20-7-3-18(4-8-20)16-34(17-19-5-9-21(38-2)10-6-19)27-32-26(33-11-13-39-14-12-33)31-25-22(15-30-35(25)27)23(36)24(28)29/h3-10,15,24H,11-14,16-17H2,1-2H3. The maximum absolute atomic E-state index is 13.4. The molecule has 0 bridgehead atoms. The van der Waals surface area contributed by atoms with Crippen LogP contribution in [0.4, 0.5) is 20.7 Å². The van der Waals surface area contributed by atoms with Gasteiger partial charge < -0.3 is 24.0 Å². The number of carbonyl (C=O) groups excluding carboxylic acids is 1. The maximum atomic E-state index is 13.4. The molecule has 10 nitrogen and oxygen atoms in total. The Labute approximate surface area is 223 Å². The zero-order valence-corrected chi connectivity index (χ0v) is 21.6. The summed E-state index contributed by atoms with van der Waals surface area (Å²) in [5.74, 6) is 0.795. The zero-order chi connectivity index (χ0) is 27.4. The fourth-order valence-electron chi connectivity index (χ4n) is 4.35. The van der Waals surface area contributed by atoms with E-state index in [1.54, 1.807) is 14.2 Å². The number of carbonyl (C=O) groups is 1. The van der Waals surface area contributed by atoms with Gasteiger partial charge in [-0.05, 0) is 35.4 Å². The number of alkyl halides is 2. The SMILES string of the molecule is COc1ccc(CN(Cc2ccc(OC)cc2)c2nc(N3CCOCC3)nc3c(C(=O)C(F)F)cnn23)cc1. The number of ketones is 1. The molecule has 39 heavy (non-hydrogen) atoms. The molecule has 4 aromatic rings. The Morgan fingerprint density at radius 3 is 2.03 bits per heavy atom. The lowest BCUT2D eigenvalue weighted by Gasteiger charge is -2.29. The molecule has 12 heteroatoms. The van der Waals surface area contributed by atoms with Crippen LogP contribution >= 0.6 is 0 Å². The Kier molecular flexibility index (Phi) is 7.82. The maximum Gasteiger partial charge on any atom is 0.300 e. The van der Waals surface area contributed by atoms with E-state index in [9.17, 15) is 13.6 Å². The molecule has 0 amide bonds. The molecule has 0 N–H and O–H groups in total. The van der Waals surface area contributed by atoms with E-state index in [2.05, 4.69) is 10.1 Å². The third-order valence-corrected chi connectivity index (χ3v) is 6.44. The van der Waals surface area contributed by atoms with Crippen LogP contribution in [0.25, 0.3) is 5.65 Å². The first-order chi connectivity index (χ1) is 19.0. The molecule has 0 unspecified atom stereocenters. The second-order valence-corrected chi connectivity index (χ2v) is 8.93. The number of fused-ring (bicyclic) bond motifs is 1. The number of anilines is 2. The van der Waals surface area contributed by atoms with E-state index in [-0.39, 0.29) is 11.2 Å². The Hall–Kier alpha value is -4.32. The van der Waals surface area contributed by atoms with E-state index < -0.39 is 12.2 Å². The summed E-state index contributed by atoms with van der Waals surface area (Å²) < 4.78 is 44.3. The highest BCUT2D eigenvalue weighted by atomic mass is 19.3. The summed E-state index contributed by atoms with van der Waals surface area (Å²) in [6, 6.07) is 15.2. The number of benzene rings is 2. The average molecular weight is 539 g/mol. The van der Waals surface area contributed by atoms with Crippen LogP contribution in [0.2, 0.25) is 0 Å². The monoisotopic (exact) mass is 538 g/mol. The van der Waals surface area contributed by atoms with Crippen molar-refractivity contribution in [3.8, 4) is 11.5 Å². The lowest BCUT2D eigenvalue weighted by Crippen LogP contribution is -2.38. The molecule has 0 aliphatic carbocycles. The van der Waals surface area contributed by atoms with Gasteiger partial charge in [0, 0.05) is 26.2 Å². The number of aromatic nitrogens is 4. The van der Waals surface area contributed by atoms with Crippen LogP contribution in [-0.4, -0.2) is 72.3 Å². The first-order valence-electron chi connectivity index (χ1n) is 12.4. The van der Waals surface area contributed by atoms with Gasteiger partial charge in [-0.15, -0.1) is 0 Å². The number of methoxy groups -OCH3 is 2. The molecule has 3 heterocycles. The molecule has 2 aromatic carbocycles. The number of nitrogens with zero attached hydrogens (tertiary/aromatic N) is 6. The molecule has 204 valence electrons. The van der Waals surface area contributed by atoms with Crippen molar-refractivity contribution in [3.05, 3.63) is 71.4 Å². The predicted octanol–water partition coefficient (Wildman–Crippen LogP) is 3.63. The van der Waals surface area contributed by atoms with E-state index in [0.29, 0.717) is 51.3 Å². The summed E-state index contributed by atoms with van der Waals surface area (Å²) in [6.45, 7) is 2.82. The van der Waals surface area contributed by atoms with Gasteiger partial charge >= 0.3 is 6.43 Å². The Morgan fingerprint density at radius 2 is 1.51 bits per heavy atom. The number of hydrogen-bond acceptors (Lipinski definition) is 9. The molecule has 0 spiro atoms. The van der Waals surface area contributed by atoms with Crippen molar-refractivity contribution in [2.45, 2.75) is 19.5 Å². The number of rotatable bonds is 10. The summed E-state index contributed by atoms with van der Waals surface area (Å²) in [5, 5.41) is 4.28. The molecule has 0 atom stereocenters. The van der Waals surface area contributed by atoms with Gasteiger partial charge in [-0.3, -0.25) is 4.79 Å². The molecule has 5 rings (SSSR count).